The maximum Gasteiger partial charge on any atom is 0.329 e. The number of hydrogen-bond donors (Lipinski definition) is 1. The molecule has 1 saturated carbocycles. The third kappa shape index (κ3) is 1.98. The minimum atomic E-state index is -3.42. The average molecular weight is 409 g/mol. The number of alkyl halides is 2. The minimum absolute atomic E-state index is 0.0504. The van der Waals surface area contributed by atoms with Gasteiger partial charge in [0.25, 0.3) is 5.92 Å². The maximum atomic E-state index is 14.6. The molecule has 2 N–H and O–H groups in total. The number of rotatable bonds is 2. The molecule has 2 aliphatic rings. The van der Waals surface area contributed by atoms with Crippen LogP contribution in [0.25, 0.3) is 0 Å². The van der Waals surface area contributed by atoms with Gasteiger partial charge in [-0.2, -0.15) is 0 Å². The number of methoxy groups -OCH3 is 1. The monoisotopic (exact) mass is 408 g/mol. The second-order valence-corrected chi connectivity index (χ2v) is 7.79. The van der Waals surface area contributed by atoms with E-state index in [0.717, 1.165) is 13.2 Å². The van der Waals surface area contributed by atoms with Gasteiger partial charge in [-0.05, 0) is 25.1 Å². The van der Waals surface area contributed by atoms with Crippen LogP contribution in [0.15, 0.2) is 27.7 Å². The molecule has 0 aromatic heterocycles. The number of hydrogen-bond acceptors (Lipinski definition) is 5. The number of thioether (sulfide) groups is 1. The van der Waals surface area contributed by atoms with Gasteiger partial charge in [0.2, 0.25) is 0 Å². The van der Waals surface area contributed by atoms with Gasteiger partial charge in [-0.1, -0.05) is 27.7 Å². The van der Waals surface area contributed by atoms with Crippen molar-refractivity contribution < 1.29 is 22.7 Å². The van der Waals surface area contributed by atoms with E-state index >= 15 is 0 Å². The molecular weight excluding hydrogens is 397 g/mol. The second kappa shape index (κ2) is 4.89. The molecule has 3 atom stereocenters. The molecule has 3 unspecified atom stereocenters. The van der Waals surface area contributed by atoms with E-state index in [2.05, 4.69) is 25.7 Å². The van der Waals surface area contributed by atoms with Gasteiger partial charge in [-0.15, -0.1) is 0 Å². The molecule has 124 valence electrons. The summed E-state index contributed by atoms with van der Waals surface area (Å²) < 4.78 is 46.4. The van der Waals surface area contributed by atoms with Gasteiger partial charge < -0.3 is 10.5 Å². The number of amidine groups is 1. The van der Waals surface area contributed by atoms with Crippen LogP contribution in [0.4, 0.5) is 13.2 Å². The predicted octanol–water partition coefficient (Wildman–Crippen LogP) is 3.04. The number of carbonyl (C=O) groups excluding carboxylic acids is 1. The van der Waals surface area contributed by atoms with E-state index in [1.807, 2.05) is 0 Å². The van der Waals surface area contributed by atoms with E-state index < -0.39 is 33.9 Å². The lowest BCUT2D eigenvalue weighted by molar-refractivity contribution is -0.143. The molecule has 1 aromatic rings. The van der Waals surface area contributed by atoms with Gasteiger partial charge in [0, 0.05) is 10.0 Å². The van der Waals surface area contributed by atoms with E-state index in [-0.39, 0.29) is 10.7 Å². The van der Waals surface area contributed by atoms with Gasteiger partial charge in [0.15, 0.2) is 9.91 Å². The van der Waals surface area contributed by atoms with Crippen LogP contribution >= 0.6 is 27.7 Å². The molecule has 9 heteroatoms. The summed E-state index contributed by atoms with van der Waals surface area (Å²) in [4.78, 5) is 16.1. The highest BCUT2D eigenvalue weighted by molar-refractivity contribution is 9.10. The predicted molar refractivity (Wildman–Crippen MR) is 83.8 cm³/mol. The van der Waals surface area contributed by atoms with Crippen LogP contribution < -0.4 is 5.73 Å². The quantitative estimate of drug-likeness (QED) is 0.763. The van der Waals surface area contributed by atoms with Crippen molar-refractivity contribution in [3.05, 3.63) is 34.1 Å². The number of halogens is 4. The summed E-state index contributed by atoms with van der Waals surface area (Å²) in [7, 11) is 1.03. The third-order valence-corrected chi connectivity index (χ3v) is 6.10. The first-order valence-corrected chi connectivity index (χ1v) is 8.18. The molecule has 3 rings (SSSR count). The van der Waals surface area contributed by atoms with Crippen molar-refractivity contribution in [3.63, 3.8) is 0 Å². The Morgan fingerprint density at radius 1 is 1.48 bits per heavy atom. The molecule has 1 aliphatic carbocycles. The molecule has 23 heavy (non-hydrogen) atoms. The smallest absolute Gasteiger partial charge is 0.329 e. The number of ether oxygens (including phenoxy) is 1. The summed E-state index contributed by atoms with van der Waals surface area (Å²) in [5, 5.41) is -0.203. The first-order valence-electron chi connectivity index (χ1n) is 6.57. The Kier molecular flexibility index (Phi) is 3.54. The second-order valence-electron chi connectivity index (χ2n) is 5.61. The summed E-state index contributed by atoms with van der Waals surface area (Å²) in [6, 6.07) is 3.97. The zero-order valence-corrected chi connectivity index (χ0v) is 14.5. The third-order valence-electron chi connectivity index (χ3n) is 4.31. The Hall–Kier alpha value is -1.22. The number of benzene rings is 1. The zero-order chi connectivity index (χ0) is 17.2. The molecule has 1 aromatic carbocycles. The minimum Gasteiger partial charge on any atom is -0.468 e. The van der Waals surface area contributed by atoms with E-state index in [1.165, 1.54) is 19.1 Å². The lowest BCUT2D eigenvalue weighted by atomic mass is 9.85. The van der Waals surface area contributed by atoms with Gasteiger partial charge >= 0.3 is 5.97 Å². The van der Waals surface area contributed by atoms with Crippen molar-refractivity contribution >= 4 is 38.8 Å². The summed E-state index contributed by atoms with van der Waals surface area (Å²) in [5.74, 6) is -6.74. The van der Waals surface area contributed by atoms with E-state index in [4.69, 9.17) is 5.73 Å². The Labute approximate surface area is 142 Å². The molecule has 0 radical (unpaired) electrons. The molecule has 0 bridgehead atoms. The van der Waals surface area contributed by atoms with Crippen LogP contribution in [0.2, 0.25) is 0 Å². The molecule has 1 fully saturated rings. The lowest BCUT2D eigenvalue weighted by Crippen LogP contribution is -2.40. The van der Waals surface area contributed by atoms with Gasteiger partial charge in [0.1, 0.15) is 5.82 Å². The van der Waals surface area contributed by atoms with Crippen LogP contribution in [-0.2, 0) is 15.1 Å². The fourth-order valence-corrected chi connectivity index (χ4v) is 5.07. The van der Waals surface area contributed by atoms with Crippen molar-refractivity contribution in [1.82, 2.24) is 0 Å². The zero-order valence-electron chi connectivity index (χ0n) is 12.1. The summed E-state index contributed by atoms with van der Waals surface area (Å²) in [6.45, 7) is 1.35. The molecular formula is C14H12BrF3N2O2S. The summed E-state index contributed by atoms with van der Waals surface area (Å²) >= 11 is 3.67. The van der Waals surface area contributed by atoms with E-state index in [0.29, 0.717) is 16.2 Å². The van der Waals surface area contributed by atoms with Crippen molar-refractivity contribution in [2.45, 2.75) is 23.1 Å². The molecule has 4 nitrogen and oxygen atoms in total. The fourth-order valence-electron chi connectivity index (χ4n) is 3.29. The standard InChI is InChI=1S/C14H12BrF3N2O2S/c1-12(7-5-6(15)3-4-8(7)16)9-13(10(21)22-2,14(9,17)18)23-11(19)20-12/h3-5,9H,1-2H3,(H2,19,20). The van der Waals surface area contributed by atoms with Crippen LogP contribution in [0.3, 0.4) is 0 Å². The lowest BCUT2D eigenvalue weighted by Gasteiger charge is -2.31. The number of nitrogens with zero attached hydrogens (tertiary/aromatic N) is 1. The Bertz CT molecular complexity index is 745. The molecule has 0 saturated heterocycles. The van der Waals surface area contributed by atoms with Gasteiger partial charge in [-0.25, -0.2) is 13.2 Å². The highest BCUT2D eigenvalue weighted by Gasteiger charge is 2.92. The SMILES string of the molecule is COC(=O)C12SC(N)=NC(C)(c3cc(Br)ccc3F)C1C2(F)F. The topological polar surface area (TPSA) is 64.7 Å². The molecule has 0 amide bonds. The van der Waals surface area contributed by atoms with Gasteiger partial charge in [0.05, 0.1) is 18.6 Å². The number of carbonyl (C=O) groups is 1. The number of aliphatic imine (C=N–C) groups is 1. The van der Waals surface area contributed by atoms with Gasteiger partial charge in [-0.3, -0.25) is 9.79 Å². The summed E-state index contributed by atoms with van der Waals surface area (Å²) in [6.07, 6.45) is 0. The van der Waals surface area contributed by atoms with Crippen LogP contribution in [0.5, 0.6) is 0 Å². The van der Waals surface area contributed by atoms with Crippen LogP contribution in [-0.4, -0.2) is 28.9 Å². The maximum absolute atomic E-state index is 14.6. The fraction of sp³-hybridized carbons (Fsp3) is 0.429. The summed E-state index contributed by atoms with van der Waals surface area (Å²) in [5.41, 5.74) is 3.96. The van der Waals surface area contributed by atoms with Crippen molar-refractivity contribution in [2.75, 3.05) is 7.11 Å². The van der Waals surface area contributed by atoms with Crippen molar-refractivity contribution in [2.24, 2.45) is 16.6 Å². The Morgan fingerprint density at radius 2 is 2.13 bits per heavy atom. The number of esters is 1. The average Bonchev–Trinajstić information content (AvgIpc) is 2.98. The molecule has 1 aliphatic heterocycles. The number of nitrogens with two attached hydrogens (primary N) is 1. The van der Waals surface area contributed by atoms with Crippen molar-refractivity contribution in [1.29, 1.82) is 0 Å². The van der Waals surface area contributed by atoms with E-state index in [1.54, 1.807) is 0 Å². The van der Waals surface area contributed by atoms with Crippen molar-refractivity contribution in [3.8, 4) is 0 Å². The highest BCUT2D eigenvalue weighted by Crippen LogP contribution is 2.75. The Morgan fingerprint density at radius 3 is 2.74 bits per heavy atom. The Balaban J connectivity index is 2.22. The van der Waals surface area contributed by atoms with Crippen LogP contribution in [0.1, 0.15) is 12.5 Å². The largest absolute Gasteiger partial charge is 0.468 e. The highest BCUT2D eigenvalue weighted by atomic mass is 79.9. The van der Waals surface area contributed by atoms with E-state index in [9.17, 15) is 18.0 Å². The molecule has 1 heterocycles. The molecule has 0 spiro atoms. The normalized spacial score (nSPS) is 34.3. The number of fused-ring (bicyclic) bond motifs is 1. The van der Waals surface area contributed by atoms with Crippen LogP contribution in [0, 0.1) is 11.7 Å². The first kappa shape index (κ1) is 16.6. The first-order chi connectivity index (χ1) is 10.6.